The Morgan fingerprint density at radius 3 is 2.17 bits per heavy atom. The van der Waals surface area contributed by atoms with Gasteiger partial charge in [-0.25, -0.2) is 0 Å². The number of rotatable bonds is 9. The Labute approximate surface area is 142 Å². The Morgan fingerprint density at radius 2 is 1.71 bits per heavy atom. The Kier molecular flexibility index (Phi) is 8.05. The summed E-state index contributed by atoms with van der Waals surface area (Å²) in [5.41, 5.74) is 0.390. The lowest BCUT2D eigenvalue weighted by molar-refractivity contribution is -0.145. The normalized spacial score (nSPS) is 11.5. The fourth-order valence-electron chi connectivity index (χ4n) is 2.26. The van der Waals surface area contributed by atoms with Gasteiger partial charge in [-0.15, -0.1) is 0 Å². The van der Waals surface area contributed by atoms with Crippen molar-refractivity contribution in [3.05, 3.63) is 23.8 Å². The van der Waals surface area contributed by atoms with Crippen LogP contribution in [0, 0.1) is 5.92 Å². The van der Waals surface area contributed by atoms with Crippen molar-refractivity contribution in [2.24, 2.45) is 5.92 Å². The first-order valence-corrected chi connectivity index (χ1v) is 7.67. The number of aliphatic hydroxyl groups is 1. The molecule has 7 nitrogen and oxygen atoms in total. The van der Waals surface area contributed by atoms with Crippen molar-refractivity contribution < 1.29 is 28.9 Å². The summed E-state index contributed by atoms with van der Waals surface area (Å²) in [6, 6.07) is 4.89. The summed E-state index contributed by atoms with van der Waals surface area (Å²) in [7, 11) is 4.32. The van der Waals surface area contributed by atoms with Crippen molar-refractivity contribution in [3.63, 3.8) is 0 Å². The minimum absolute atomic E-state index is 0.0438. The van der Waals surface area contributed by atoms with Crippen LogP contribution in [-0.2, 0) is 9.53 Å². The van der Waals surface area contributed by atoms with Gasteiger partial charge in [0.1, 0.15) is 11.5 Å². The van der Waals surface area contributed by atoms with Crippen molar-refractivity contribution in [3.8, 4) is 11.5 Å². The van der Waals surface area contributed by atoms with E-state index in [4.69, 9.17) is 19.3 Å². The van der Waals surface area contributed by atoms with Crippen LogP contribution in [0.1, 0.15) is 23.7 Å². The predicted octanol–water partition coefficient (Wildman–Crippen LogP) is 1.34. The Hall–Kier alpha value is -2.28. The molecular formula is C17H25NO6. The number of aliphatic hydroxyl groups excluding tert-OH is 1. The summed E-state index contributed by atoms with van der Waals surface area (Å²) in [6.45, 7) is 2.18. The standard InChI is InChI=1S/C17H25NO6/c1-12(17(21)24-4)11-18(6-5-7-19)16(20)13-8-14(22-2)10-15(9-13)23-3/h8-10,12,19H,5-7,11H2,1-4H3. The van der Waals surface area contributed by atoms with Crippen molar-refractivity contribution in [1.29, 1.82) is 0 Å². The SMILES string of the molecule is COC(=O)C(C)CN(CCCO)C(=O)c1cc(OC)cc(OC)c1. The van der Waals surface area contributed by atoms with E-state index in [0.717, 1.165) is 0 Å². The number of methoxy groups -OCH3 is 3. The summed E-state index contributed by atoms with van der Waals surface area (Å²) in [5, 5.41) is 9.05. The Bertz CT molecular complexity index is 538. The van der Waals surface area contributed by atoms with E-state index in [1.807, 2.05) is 0 Å². The lowest BCUT2D eigenvalue weighted by atomic mass is 10.1. The number of ether oxygens (including phenoxy) is 3. The summed E-state index contributed by atoms with van der Waals surface area (Å²) in [4.78, 5) is 26.0. The van der Waals surface area contributed by atoms with Gasteiger partial charge in [0.25, 0.3) is 5.91 Å². The molecule has 0 saturated heterocycles. The van der Waals surface area contributed by atoms with Crippen LogP contribution in [0.25, 0.3) is 0 Å². The molecule has 0 aromatic heterocycles. The quantitative estimate of drug-likeness (QED) is 0.683. The van der Waals surface area contributed by atoms with Crippen molar-refractivity contribution in [1.82, 2.24) is 4.90 Å². The van der Waals surface area contributed by atoms with Gasteiger partial charge in [0, 0.05) is 31.3 Å². The molecule has 0 fully saturated rings. The summed E-state index contributed by atoms with van der Waals surface area (Å²) >= 11 is 0. The van der Waals surface area contributed by atoms with Gasteiger partial charge in [-0.3, -0.25) is 9.59 Å². The van der Waals surface area contributed by atoms with E-state index in [1.54, 1.807) is 25.1 Å². The monoisotopic (exact) mass is 339 g/mol. The molecule has 1 aromatic rings. The highest BCUT2D eigenvalue weighted by atomic mass is 16.5. The molecule has 134 valence electrons. The number of benzene rings is 1. The molecule has 0 radical (unpaired) electrons. The van der Waals surface area contributed by atoms with Crippen LogP contribution in [0.2, 0.25) is 0 Å². The van der Waals surface area contributed by atoms with Gasteiger partial charge in [0.15, 0.2) is 0 Å². The van der Waals surface area contributed by atoms with E-state index in [0.29, 0.717) is 30.0 Å². The van der Waals surface area contributed by atoms with Crippen LogP contribution in [0.4, 0.5) is 0 Å². The molecule has 0 heterocycles. The maximum Gasteiger partial charge on any atom is 0.310 e. The van der Waals surface area contributed by atoms with E-state index in [1.165, 1.54) is 26.2 Å². The van der Waals surface area contributed by atoms with Gasteiger partial charge in [-0.1, -0.05) is 6.92 Å². The molecule has 1 atom stereocenters. The first-order chi connectivity index (χ1) is 11.5. The molecule has 1 rings (SSSR count). The number of hydrogen-bond donors (Lipinski definition) is 1. The smallest absolute Gasteiger partial charge is 0.310 e. The zero-order valence-electron chi connectivity index (χ0n) is 14.6. The number of hydrogen-bond acceptors (Lipinski definition) is 6. The molecule has 1 aromatic carbocycles. The largest absolute Gasteiger partial charge is 0.497 e. The minimum Gasteiger partial charge on any atom is -0.497 e. The van der Waals surface area contributed by atoms with Crippen LogP contribution < -0.4 is 9.47 Å². The molecule has 0 spiro atoms. The second-order valence-electron chi connectivity index (χ2n) is 5.35. The fourth-order valence-corrected chi connectivity index (χ4v) is 2.26. The van der Waals surface area contributed by atoms with Gasteiger partial charge >= 0.3 is 5.97 Å². The molecule has 1 unspecified atom stereocenters. The molecule has 0 saturated carbocycles. The van der Waals surface area contributed by atoms with Crippen LogP contribution in [-0.4, -0.2) is 62.9 Å². The van der Waals surface area contributed by atoms with Crippen LogP contribution in [0.3, 0.4) is 0 Å². The highest BCUT2D eigenvalue weighted by molar-refractivity contribution is 5.95. The second kappa shape index (κ2) is 9.77. The van der Waals surface area contributed by atoms with E-state index in [9.17, 15) is 9.59 Å². The molecule has 0 bridgehead atoms. The molecule has 0 aliphatic heterocycles. The van der Waals surface area contributed by atoms with E-state index in [2.05, 4.69) is 0 Å². The predicted molar refractivity (Wildman–Crippen MR) is 88.3 cm³/mol. The molecular weight excluding hydrogens is 314 g/mol. The number of nitrogens with zero attached hydrogens (tertiary/aromatic N) is 1. The Morgan fingerprint density at radius 1 is 1.12 bits per heavy atom. The zero-order chi connectivity index (χ0) is 18.1. The summed E-state index contributed by atoms with van der Waals surface area (Å²) in [5.74, 6) is -0.122. The number of esters is 1. The third-order valence-electron chi connectivity index (χ3n) is 3.57. The van der Waals surface area contributed by atoms with Crippen molar-refractivity contribution in [2.45, 2.75) is 13.3 Å². The average Bonchev–Trinajstić information content (AvgIpc) is 2.62. The highest BCUT2D eigenvalue weighted by Crippen LogP contribution is 2.23. The maximum absolute atomic E-state index is 12.8. The average molecular weight is 339 g/mol. The first-order valence-electron chi connectivity index (χ1n) is 7.67. The summed E-state index contributed by atoms with van der Waals surface area (Å²) < 4.78 is 15.1. The lowest BCUT2D eigenvalue weighted by Gasteiger charge is -2.25. The maximum atomic E-state index is 12.8. The molecule has 0 aliphatic rings. The van der Waals surface area contributed by atoms with Gasteiger partial charge in [-0.2, -0.15) is 0 Å². The molecule has 7 heteroatoms. The van der Waals surface area contributed by atoms with Crippen LogP contribution in [0.15, 0.2) is 18.2 Å². The second-order valence-corrected chi connectivity index (χ2v) is 5.35. The van der Waals surface area contributed by atoms with Gasteiger partial charge in [0.05, 0.1) is 27.2 Å². The van der Waals surface area contributed by atoms with Crippen molar-refractivity contribution in [2.75, 3.05) is 41.0 Å². The zero-order valence-corrected chi connectivity index (χ0v) is 14.6. The molecule has 1 N–H and O–H groups in total. The van der Waals surface area contributed by atoms with Gasteiger partial charge in [0.2, 0.25) is 0 Å². The van der Waals surface area contributed by atoms with E-state index < -0.39 is 5.92 Å². The molecule has 24 heavy (non-hydrogen) atoms. The van der Waals surface area contributed by atoms with Gasteiger partial charge in [-0.05, 0) is 18.6 Å². The van der Waals surface area contributed by atoms with Crippen LogP contribution in [0.5, 0.6) is 11.5 Å². The minimum atomic E-state index is -0.467. The fraction of sp³-hybridized carbons (Fsp3) is 0.529. The first kappa shape index (κ1) is 19.8. The lowest BCUT2D eigenvalue weighted by Crippen LogP contribution is -2.38. The van der Waals surface area contributed by atoms with E-state index >= 15 is 0 Å². The van der Waals surface area contributed by atoms with Crippen LogP contribution >= 0.6 is 0 Å². The molecule has 0 aliphatic carbocycles. The number of carbonyl (C=O) groups is 2. The van der Waals surface area contributed by atoms with Crippen molar-refractivity contribution >= 4 is 11.9 Å². The van der Waals surface area contributed by atoms with E-state index in [-0.39, 0.29) is 25.0 Å². The van der Waals surface area contributed by atoms with Gasteiger partial charge < -0.3 is 24.2 Å². The highest BCUT2D eigenvalue weighted by Gasteiger charge is 2.23. The molecule has 1 amide bonds. The summed E-state index contributed by atoms with van der Waals surface area (Å²) in [6.07, 6.45) is 0.417. The Balaban J connectivity index is 3.04. The topological polar surface area (TPSA) is 85.3 Å². The number of carbonyl (C=O) groups excluding carboxylic acids is 2. The number of amides is 1. The third kappa shape index (κ3) is 5.42. The third-order valence-corrected chi connectivity index (χ3v) is 3.57.